The number of hydrogen-bond donors (Lipinski definition) is 1. The molecule has 0 unspecified atom stereocenters. The van der Waals surface area contributed by atoms with Crippen molar-refractivity contribution in [2.75, 3.05) is 37.5 Å². The molecule has 112 valence electrons. The van der Waals surface area contributed by atoms with Crippen LogP contribution in [0.15, 0.2) is 23.1 Å². The molecule has 1 heterocycles. The molecule has 1 aliphatic rings. The molecule has 4 heteroatoms. The Morgan fingerprint density at radius 2 is 2.10 bits per heavy atom. The van der Waals surface area contributed by atoms with Crippen LogP contribution in [0.3, 0.4) is 0 Å². The van der Waals surface area contributed by atoms with Crippen molar-refractivity contribution in [3.8, 4) is 0 Å². The molecule has 20 heavy (non-hydrogen) atoms. The summed E-state index contributed by atoms with van der Waals surface area (Å²) in [5, 5.41) is 0. The van der Waals surface area contributed by atoms with Crippen LogP contribution < -0.4 is 10.6 Å². The number of benzene rings is 1. The van der Waals surface area contributed by atoms with E-state index in [4.69, 9.17) is 10.5 Å². The molecule has 0 aliphatic carbocycles. The zero-order valence-electron chi connectivity index (χ0n) is 12.6. The van der Waals surface area contributed by atoms with Gasteiger partial charge in [0.15, 0.2) is 0 Å². The Bertz CT molecular complexity index is 417. The predicted octanol–water partition coefficient (Wildman–Crippen LogP) is 3.12. The van der Waals surface area contributed by atoms with E-state index < -0.39 is 0 Å². The van der Waals surface area contributed by atoms with Crippen molar-refractivity contribution >= 4 is 17.4 Å². The smallest absolute Gasteiger partial charge is 0.0491 e. The summed E-state index contributed by atoms with van der Waals surface area (Å²) in [5.41, 5.74) is 8.65. The largest absolute Gasteiger partial charge is 0.384 e. The van der Waals surface area contributed by atoms with E-state index in [0.29, 0.717) is 12.5 Å². The Labute approximate surface area is 126 Å². The highest BCUT2D eigenvalue weighted by Gasteiger charge is 2.21. The van der Waals surface area contributed by atoms with Gasteiger partial charge in [-0.15, -0.1) is 11.8 Å². The van der Waals surface area contributed by atoms with Crippen molar-refractivity contribution in [2.24, 2.45) is 11.7 Å². The molecule has 1 aromatic carbocycles. The number of ether oxygens (including phenoxy) is 1. The summed E-state index contributed by atoms with van der Waals surface area (Å²) >= 11 is 1.89. The van der Waals surface area contributed by atoms with Crippen LogP contribution in [-0.2, 0) is 11.3 Å². The van der Waals surface area contributed by atoms with Crippen LogP contribution >= 0.6 is 11.8 Å². The molecule has 0 amide bonds. The fraction of sp³-hybridized carbons (Fsp3) is 0.625. The second-order valence-corrected chi connectivity index (χ2v) is 6.58. The molecular formula is C16H26N2OS. The first-order valence-electron chi connectivity index (χ1n) is 7.48. The number of hydrogen-bond acceptors (Lipinski definition) is 4. The van der Waals surface area contributed by atoms with E-state index in [1.807, 2.05) is 11.8 Å². The summed E-state index contributed by atoms with van der Waals surface area (Å²) < 4.78 is 5.28. The van der Waals surface area contributed by atoms with Gasteiger partial charge in [-0.25, -0.2) is 0 Å². The minimum Gasteiger partial charge on any atom is -0.384 e. The maximum absolute atomic E-state index is 6.00. The average Bonchev–Trinajstić information content (AvgIpc) is 2.48. The van der Waals surface area contributed by atoms with E-state index in [1.54, 1.807) is 7.11 Å². The second kappa shape index (κ2) is 7.91. The van der Waals surface area contributed by atoms with Crippen molar-refractivity contribution < 1.29 is 4.74 Å². The van der Waals surface area contributed by atoms with Gasteiger partial charge in [0.25, 0.3) is 0 Å². The monoisotopic (exact) mass is 294 g/mol. The minimum atomic E-state index is 0.622. The zero-order valence-corrected chi connectivity index (χ0v) is 13.4. The van der Waals surface area contributed by atoms with Gasteiger partial charge in [-0.2, -0.15) is 0 Å². The van der Waals surface area contributed by atoms with Gasteiger partial charge in [-0.1, -0.05) is 13.0 Å². The van der Waals surface area contributed by atoms with E-state index in [2.05, 4.69) is 30.0 Å². The van der Waals surface area contributed by atoms with Crippen LogP contribution in [0.25, 0.3) is 0 Å². The zero-order chi connectivity index (χ0) is 14.4. The molecule has 0 atom stereocenters. The van der Waals surface area contributed by atoms with E-state index in [1.165, 1.54) is 29.0 Å². The Hall–Kier alpha value is -0.710. The number of thioether (sulfide) groups is 1. The maximum atomic E-state index is 6.00. The van der Waals surface area contributed by atoms with E-state index in [0.717, 1.165) is 25.4 Å². The lowest BCUT2D eigenvalue weighted by atomic mass is 9.96. The Morgan fingerprint density at radius 1 is 1.35 bits per heavy atom. The number of nitrogens with two attached hydrogens (primary N) is 1. The molecule has 1 aromatic rings. The van der Waals surface area contributed by atoms with Crippen molar-refractivity contribution in [1.29, 1.82) is 0 Å². The number of nitrogens with zero attached hydrogens (tertiary/aromatic N) is 1. The molecular weight excluding hydrogens is 268 g/mol. The number of methoxy groups -OCH3 is 1. The van der Waals surface area contributed by atoms with Gasteiger partial charge in [0.1, 0.15) is 0 Å². The molecule has 1 fully saturated rings. The van der Waals surface area contributed by atoms with Gasteiger partial charge in [-0.3, -0.25) is 0 Å². The van der Waals surface area contributed by atoms with Gasteiger partial charge in [0.05, 0.1) is 0 Å². The van der Waals surface area contributed by atoms with Crippen LogP contribution in [-0.4, -0.2) is 32.6 Å². The van der Waals surface area contributed by atoms with Gasteiger partial charge < -0.3 is 15.4 Å². The van der Waals surface area contributed by atoms with Crippen LogP contribution in [0.4, 0.5) is 5.69 Å². The Balaban J connectivity index is 2.11. The van der Waals surface area contributed by atoms with Gasteiger partial charge in [0, 0.05) is 49.5 Å². The van der Waals surface area contributed by atoms with E-state index >= 15 is 0 Å². The first kappa shape index (κ1) is 15.7. The summed E-state index contributed by atoms with van der Waals surface area (Å²) in [6.07, 6.45) is 2.42. The summed E-state index contributed by atoms with van der Waals surface area (Å²) in [7, 11) is 1.80. The standard InChI is InChI=1S/C16H26N2OS/c1-3-20-16-6-4-5-15(14(16)11-17)18-9-7-13(8-10-18)12-19-2/h4-6,13H,3,7-12,17H2,1-2H3. The highest BCUT2D eigenvalue weighted by Crippen LogP contribution is 2.32. The molecule has 2 rings (SSSR count). The van der Waals surface area contributed by atoms with Crippen LogP contribution in [0, 0.1) is 5.92 Å². The molecule has 0 aromatic heterocycles. The lowest BCUT2D eigenvalue weighted by Crippen LogP contribution is -2.35. The first-order chi connectivity index (χ1) is 9.80. The molecule has 3 nitrogen and oxygen atoms in total. The molecule has 1 saturated heterocycles. The summed E-state index contributed by atoms with van der Waals surface area (Å²) in [4.78, 5) is 3.83. The third kappa shape index (κ3) is 3.68. The van der Waals surface area contributed by atoms with Gasteiger partial charge >= 0.3 is 0 Å². The molecule has 0 spiro atoms. The fourth-order valence-corrected chi connectivity index (χ4v) is 3.77. The average molecular weight is 294 g/mol. The fourth-order valence-electron chi connectivity index (χ4n) is 2.92. The van der Waals surface area contributed by atoms with E-state index in [9.17, 15) is 0 Å². The topological polar surface area (TPSA) is 38.5 Å². The quantitative estimate of drug-likeness (QED) is 0.818. The lowest BCUT2D eigenvalue weighted by molar-refractivity contribution is 0.139. The minimum absolute atomic E-state index is 0.622. The second-order valence-electron chi connectivity index (χ2n) is 5.28. The summed E-state index contributed by atoms with van der Waals surface area (Å²) in [6.45, 7) is 5.93. The van der Waals surface area contributed by atoms with Crippen LogP contribution in [0.2, 0.25) is 0 Å². The normalized spacial score (nSPS) is 16.6. The van der Waals surface area contributed by atoms with E-state index in [-0.39, 0.29) is 0 Å². The highest BCUT2D eigenvalue weighted by molar-refractivity contribution is 7.99. The first-order valence-corrected chi connectivity index (χ1v) is 8.47. The van der Waals surface area contributed by atoms with Crippen molar-refractivity contribution in [1.82, 2.24) is 0 Å². The Kier molecular flexibility index (Phi) is 6.20. The maximum Gasteiger partial charge on any atom is 0.0491 e. The molecule has 0 bridgehead atoms. The third-order valence-corrected chi connectivity index (χ3v) is 4.95. The van der Waals surface area contributed by atoms with Crippen molar-refractivity contribution in [2.45, 2.75) is 31.2 Å². The van der Waals surface area contributed by atoms with Crippen LogP contribution in [0.1, 0.15) is 25.3 Å². The summed E-state index contributed by atoms with van der Waals surface area (Å²) in [6, 6.07) is 6.57. The summed E-state index contributed by atoms with van der Waals surface area (Å²) in [5.74, 6) is 1.80. The molecule has 2 N–H and O–H groups in total. The van der Waals surface area contributed by atoms with Gasteiger partial charge in [0.2, 0.25) is 0 Å². The Morgan fingerprint density at radius 3 is 2.70 bits per heavy atom. The SMILES string of the molecule is CCSc1cccc(N2CCC(COC)CC2)c1CN. The lowest BCUT2D eigenvalue weighted by Gasteiger charge is -2.35. The predicted molar refractivity (Wildman–Crippen MR) is 87.5 cm³/mol. The number of rotatable bonds is 6. The number of piperidine rings is 1. The molecule has 1 aliphatic heterocycles. The number of anilines is 1. The third-order valence-electron chi connectivity index (χ3n) is 3.97. The molecule has 0 radical (unpaired) electrons. The molecule has 0 saturated carbocycles. The van der Waals surface area contributed by atoms with Gasteiger partial charge in [-0.05, 0) is 36.6 Å². The van der Waals surface area contributed by atoms with Crippen molar-refractivity contribution in [3.05, 3.63) is 23.8 Å². The van der Waals surface area contributed by atoms with Crippen molar-refractivity contribution in [3.63, 3.8) is 0 Å². The highest BCUT2D eigenvalue weighted by atomic mass is 32.2. The van der Waals surface area contributed by atoms with Crippen LogP contribution in [0.5, 0.6) is 0 Å².